The van der Waals surface area contributed by atoms with E-state index in [2.05, 4.69) is 29.2 Å². The zero-order valence-electron chi connectivity index (χ0n) is 12.9. The Balaban J connectivity index is 1.97. The van der Waals surface area contributed by atoms with E-state index < -0.39 is 0 Å². The minimum absolute atomic E-state index is 0.282. The standard InChI is InChI=1S/C16H25N3O2/c1-3-17-16(19(2)11-14-7-8-21-12-14)18-10-13-5-4-6-15(20)9-13/h4-6,9,14,20H,3,7-8,10-12H2,1-2H3,(H,17,18). The van der Waals surface area contributed by atoms with Crippen molar-refractivity contribution in [1.29, 1.82) is 0 Å². The van der Waals surface area contributed by atoms with Gasteiger partial charge in [0.2, 0.25) is 0 Å². The number of aromatic hydroxyl groups is 1. The molecule has 2 N–H and O–H groups in total. The molecule has 0 spiro atoms. The predicted molar refractivity (Wildman–Crippen MR) is 84.5 cm³/mol. The number of ether oxygens (including phenoxy) is 1. The molecule has 0 bridgehead atoms. The summed E-state index contributed by atoms with van der Waals surface area (Å²) >= 11 is 0. The highest BCUT2D eigenvalue weighted by atomic mass is 16.5. The molecule has 116 valence electrons. The third-order valence-electron chi connectivity index (χ3n) is 3.57. The molecule has 0 aromatic heterocycles. The Morgan fingerprint density at radius 2 is 2.38 bits per heavy atom. The van der Waals surface area contributed by atoms with Crippen LogP contribution in [0.1, 0.15) is 18.9 Å². The number of aliphatic imine (C=N–C) groups is 1. The van der Waals surface area contributed by atoms with Crippen molar-refractivity contribution in [3.8, 4) is 5.75 Å². The van der Waals surface area contributed by atoms with Crippen molar-refractivity contribution in [3.63, 3.8) is 0 Å². The maximum atomic E-state index is 9.49. The molecule has 0 aliphatic carbocycles. The fourth-order valence-electron chi connectivity index (χ4n) is 2.49. The molecule has 2 rings (SSSR count). The summed E-state index contributed by atoms with van der Waals surface area (Å²) < 4.78 is 5.43. The number of rotatable bonds is 5. The first-order valence-electron chi connectivity index (χ1n) is 7.54. The van der Waals surface area contributed by atoms with Crippen molar-refractivity contribution >= 4 is 5.96 Å². The first-order valence-corrected chi connectivity index (χ1v) is 7.54. The van der Waals surface area contributed by atoms with Crippen molar-refractivity contribution in [1.82, 2.24) is 10.2 Å². The van der Waals surface area contributed by atoms with E-state index in [4.69, 9.17) is 4.74 Å². The molecule has 5 heteroatoms. The van der Waals surface area contributed by atoms with Gasteiger partial charge in [-0.15, -0.1) is 0 Å². The summed E-state index contributed by atoms with van der Waals surface area (Å²) in [4.78, 5) is 6.80. The lowest BCUT2D eigenvalue weighted by Crippen LogP contribution is -2.41. The molecule has 1 heterocycles. The molecule has 1 unspecified atom stereocenters. The number of hydrogen-bond donors (Lipinski definition) is 2. The topological polar surface area (TPSA) is 57.1 Å². The van der Waals surface area contributed by atoms with Crippen molar-refractivity contribution in [2.24, 2.45) is 10.9 Å². The smallest absolute Gasteiger partial charge is 0.193 e. The largest absolute Gasteiger partial charge is 0.508 e. The molecule has 0 amide bonds. The summed E-state index contributed by atoms with van der Waals surface area (Å²) in [6.45, 7) is 6.13. The van der Waals surface area contributed by atoms with E-state index in [9.17, 15) is 5.11 Å². The normalized spacial score (nSPS) is 18.8. The highest BCUT2D eigenvalue weighted by Gasteiger charge is 2.18. The van der Waals surface area contributed by atoms with Gasteiger partial charge in [0.25, 0.3) is 0 Å². The Hall–Kier alpha value is -1.75. The lowest BCUT2D eigenvalue weighted by atomic mass is 10.1. The maximum Gasteiger partial charge on any atom is 0.193 e. The Kier molecular flexibility index (Phi) is 5.87. The van der Waals surface area contributed by atoms with Gasteiger partial charge < -0.3 is 20.1 Å². The summed E-state index contributed by atoms with van der Waals surface area (Å²) in [6, 6.07) is 7.23. The third kappa shape index (κ3) is 4.93. The van der Waals surface area contributed by atoms with E-state index in [1.807, 2.05) is 12.1 Å². The van der Waals surface area contributed by atoms with E-state index >= 15 is 0 Å². The fourth-order valence-corrected chi connectivity index (χ4v) is 2.49. The summed E-state index contributed by atoms with van der Waals surface area (Å²) in [5.74, 6) is 1.76. The average Bonchev–Trinajstić information content (AvgIpc) is 2.96. The van der Waals surface area contributed by atoms with Gasteiger partial charge in [-0.25, -0.2) is 4.99 Å². The fraction of sp³-hybridized carbons (Fsp3) is 0.562. The van der Waals surface area contributed by atoms with Gasteiger partial charge in [0.1, 0.15) is 5.75 Å². The second-order valence-corrected chi connectivity index (χ2v) is 5.45. The molecule has 1 aromatic rings. The molecule has 21 heavy (non-hydrogen) atoms. The molecule has 1 fully saturated rings. The van der Waals surface area contributed by atoms with Crippen LogP contribution in [0, 0.1) is 5.92 Å². The molecule has 1 saturated heterocycles. The van der Waals surface area contributed by atoms with Gasteiger partial charge in [0, 0.05) is 32.7 Å². The van der Waals surface area contributed by atoms with E-state index in [0.29, 0.717) is 12.5 Å². The molecule has 1 aliphatic rings. The van der Waals surface area contributed by atoms with Crippen LogP contribution in [0.25, 0.3) is 0 Å². The molecule has 0 saturated carbocycles. The second kappa shape index (κ2) is 7.88. The summed E-state index contributed by atoms with van der Waals surface area (Å²) in [6.07, 6.45) is 1.12. The zero-order chi connectivity index (χ0) is 15.1. The lowest BCUT2D eigenvalue weighted by Gasteiger charge is -2.24. The minimum atomic E-state index is 0.282. The van der Waals surface area contributed by atoms with Crippen LogP contribution < -0.4 is 5.32 Å². The number of phenols is 1. The Bertz CT molecular complexity index is 470. The Morgan fingerprint density at radius 1 is 1.52 bits per heavy atom. The van der Waals surface area contributed by atoms with Crippen molar-refractivity contribution in [2.75, 3.05) is 33.4 Å². The van der Waals surface area contributed by atoms with Crippen LogP contribution in [0.3, 0.4) is 0 Å². The van der Waals surface area contributed by atoms with Gasteiger partial charge in [-0.1, -0.05) is 12.1 Å². The average molecular weight is 291 g/mol. The number of benzene rings is 1. The monoisotopic (exact) mass is 291 g/mol. The highest BCUT2D eigenvalue weighted by Crippen LogP contribution is 2.14. The molecule has 1 atom stereocenters. The SMILES string of the molecule is CCNC(=NCc1cccc(O)c1)N(C)CC1CCOC1. The quantitative estimate of drug-likeness (QED) is 0.642. The molecule has 1 aliphatic heterocycles. The summed E-state index contributed by atoms with van der Waals surface area (Å²) in [5.41, 5.74) is 1.00. The molecule has 0 radical (unpaired) electrons. The maximum absolute atomic E-state index is 9.49. The number of nitrogens with zero attached hydrogens (tertiary/aromatic N) is 2. The van der Waals surface area contributed by atoms with Crippen molar-refractivity contribution < 1.29 is 9.84 Å². The zero-order valence-corrected chi connectivity index (χ0v) is 12.9. The molecule has 5 nitrogen and oxygen atoms in total. The van der Waals surface area contributed by atoms with Crippen LogP contribution >= 0.6 is 0 Å². The Morgan fingerprint density at radius 3 is 3.05 bits per heavy atom. The minimum Gasteiger partial charge on any atom is -0.508 e. The highest BCUT2D eigenvalue weighted by molar-refractivity contribution is 5.79. The van der Waals surface area contributed by atoms with E-state index in [-0.39, 0.29) is 5.75 Å². The molecule has 1 aromatic carbocycles. The first-order chi connectivity index (χ1) is 10.2. The van der Waals surface area contributed by atoms with E-state index in [1.54, 1.807) is 12.1 Å². The van der Waals surface area contributed by atoms with Gasteiger partial charge in [-0.05, 0) is 31.0 Å². The van der Waals surface area contributed by atoms with Crippen LogP contribution in [0.15, 0.2) is 29.3 Å². The van der Waals surface area contributed by atoms with E-state index in [1.165, 1.54) is 0 Å². The first kappa shape index (κ1) is 15.6. The summed E-state index contributed by atoms with van der Waals surface area (Å²) in [7, 11) is 2.06. The van der Waals surface area contributed by atoms with Gasteiger partial charge in [-0.3, -0.25) is 0 Å². The number of phenolic OH excluding ortho intramolecular Hbond substituents is 1. The molecular formula is C16H25N3O2. The summed E-state index contributed by atoms with van der Waals surface area (Å²) in [5, 5.41) is 12.8. The van der Waals surface area contributed by atoms with Crippen LogP contribution in [-0.4, -0.2) is 49.3 Å². The van der Waals surface area contributed by atoms with Crippen LogP contribution in [0.4, 0.5) is 0 Å². The van der Waals surface area contributed by atoms with Crippen LogP contribution in [0.2, 0.25) is 0 Å². The van der Waals surface area contributed by atoms with E-state index in [0.717, 1.165) is 44.2 Å². The van der Waals surface area contributed by atoms with Crippen molar-refractivity contribution in [2.45, 2.75) is 19.9 Å². The lowest BCUT2D eigenvalue weighted by molar-refractivity contribution is 0.181. The van der Waals surface area contributed by atoms with Gasteiger partial charge in [0.05, 0.1) is 13.2 Å². The van der Waals surface area contributed by atoms with Crippen molar-refractivity contribution in [3.05, 3.63) is 29.8 Å². The van der Waals surface area contributed by atoms with Gasteiger partial charge >= 0.3 is 0 Å². The number of guanidine groups is 1. The number of nitrogens with one attached hydrogen (secondary N) is 1. The van der Waals surface area contributed by atoms with Crippen LogP contribution in [-0.2, 0) is 11.3 Å². The molecular weight excluding hydrogens is 266 g/mol. The Labute approximate surface area is 126 Å². The predicted octanol–water partition coefficient (Wildman–Crippen LogP) is 1.83. The second-order valence-electron chi connectivity index (χ2n) is 5.45. The van der Waals surface area contributed by atoms with Gasteiger partial charge in [0.15, 0.2) is 5.96 Å². The van der Waals surface area contributed by atoms with Crippen LogP contribution in [0.5, 0.6) is 5.75 Å². The number of hydrogen-bond acceptors (Lipinski definition) is 3. The van der Waals surface area contributed by atoms with Gasteiger partial charge in [-0.2, -0.15) is 0 Å². The third-order valence-corrected chi connectivity index (χ3v) is 3.57.